The number of aromatic amines is 1. The number of hydrogen-bond acceptors (Lipinski definition) is 3. The lowest BCUT2D eigenvalue weighted by molar-refractivity contribution is -0.00000760. The highest BCUT2D eigenvalue weighted by Gasteiger charge is 2.33. The number of nitrogens with zero attached hydrogens (tertiary/aromatic N) is 1. The molecule has 0 aliphatic carbocycles. The van der Waals surface area contributed by atoms with E-state index < -0.39 is 0 Å². The molecule has 0 unspecified atom stereocenters. The second-order valence-electron chi connectivity index (χ2n) is 4.47. The Bertz CT molecular complexity index is 426. The lowest BCUT2D eigenvalue weighted by Crippen LogP contribution is -3.00. The molecule has 1 aliphatic rings. The van der Waals surface area contributed by atoms with Crippen molar-refractivity contribution in [3.05, 3.63) is 22.0 Å². The predicted molar refractivity (Wildman–Crippen MR) is 61.7 cm³/mol. The van der Waals surface area contributed by atoms with E-state index in [0.717, 1.165) is 24.3 Å². The lowest BCUT2D eigenvalue weighted by atomic mass is 10.1. The second kappa shape index (κ2) is 5.08. The summed E-state index contributed by atoms with van der Waals surface area (Å²) in [5.41, 5.74) is 1.35. The maximum absolute atomic E-state index is 11.2. The van der Waals surface area contributed by atoms with Gasteiger partial charge in [-0.3, -0.25) is 14.3 Å². The van der Waals surface area contributed by atoms with Crippen molar-refractivity contribution in [1.29, 1.82) is 0 Å². The Morgan fingerprint density at radius 1 is 1.41 bits per heavy atom. The third-order valence-electron chi connectivity index (χ3n) is 3.19. The molecule has 2 N–H and O–H groups in total. The van der Waals surface area contributed by atoms with E-state index in [0.29, 0.717) is 17.7 Å². The highest BCUT2D eigenvalue weighted by Crippen LogP contribution is 2.32. The molecule has 5 nitrogen and oxygen atoms in total. The van der Waals surface area contributed by atoms with E-state index in [1.807, 2.05) is 14.0 Å². The third-order valence-corrected chi connectivity index (χ3v) is 3.19. The minimum absolute atomic E-state index is 0. The largest absolute Gasteiger partial charge is 1.00 e. The summed E-state index contributed by atoms with van der Waals surface area (Å²) >= 11 is 0. The van der Waals surface area contributed by atoms with Gasteiger partial charge in [0.05, 0.1) is 20.3 Å². The van der Waals surface area contributed by atoms with Gasteiger partial charge in [0.25, 0.3) is 11.4 Å². The molecule has 0 amide bonds. The fourth-order valence-electron chi connectivity index (χ4n) is 2.31. The van der Waals surface area contributed by atoms with Gasteiger partial charge in [0.1, 0.15) is 13.1 Å². The van der Waals surface area contributed by atoms with Crippen LogP contribution in [0.2, 0.25) is 0 Å². The van der Waals surface area contributed by atoms with Crippen LogP contribution in [0.4, 0.5) is 5.69 Å². The molecule has 17 heavy (non-hydrogen) atoms. The van der Waals surface area contributed by atoms with E-state index in [1.54, 1.807) is 0 Å². The number of aryl methyl sites for hydroxylation is 1. The average Bonchev–Trinajstić information content (AvgIpc) is 2.16. The molecule has 1 aromatic rings. The van der Waals surface area contributed by atoms with E-state index in [9.17, 15) is 9.90 Å². The van der Waals surface area contributed by atoms with Gasteiger partial charge in [0, 0.05) is 11.6 Å². The summed E-state index contributed by atoms with van der Waals surface area (Å²) in [4.78, 5) is 13.6. The van der Waals surface area contributed by atoms with Crippen LogP contribution in [0.1, 0.15) is 5.56 Å². The summed E-state index contributed by atoms with van der Waals surface area (Å²) < 4.78 is 5.93. The van der Waals surface area contributed by atoms with E-state index >= 15 is 0 Å². The fraction of sp³-hybridized carbons (Fsp3) is 0.545. The molecule has 1 aromatic heterocycles. The van der Waals surface area contributed by atoms with Crippen molar-refractivity contribution in [2.45, 2.75) is 6.92 Å². The summed E-state index contributed by atoms with van der Waals surface area (Å²) in [6, 6.07) is 1.52. The molecule has 1 saturated heterocycles. The molecule has 96 valence electrons. The third kappa shape index (κ3) is 2.62. The average molecular weight is 261 g/mol. The molecule has 2 heterocycles. The predicted octanol–water partition coefficient (Wildman–Crippen LogP) is -2.64. The van der Waals surface area contributed by atoms with E-state index in [-0.39, 0.29) is 23.8 Å². The van der Waals surface area contributed by atoms with E-state index in [4.69, 9.17) is 4.74 Å². The molecular weight excluding hydrogens is 244 g/mol. The molecule has 0 atom stereocenters. The number of nitrogens with one attached hydrogen (secondary N) is 1. The zero-order chi connectivity index (χ0) is 11.8. The fourth-order valence-corrected chi connectivity index (χ4v) is 2.31. The standard InChI is InChI=1S/C11H16N2O3.ClH/c1-8-7-9(14)12-11(15)10(8)13(2)3-5-16-6-4-13;/h7H,3-6H2,1-2H3,(H-,12,14,15);1H. The number of halogens is 1. The minimum Gasteiger partial charge on any atom is -1.00 e. The Kier molecular flexibility index (Phi) is 4.19. The second-order valence-corrected chi connectivity index (χ2v) is 4.47. The summed E-state index contributed by atoms with van der Waals surface area (Å²) in [6.07, 6.45) is 0. The smallest absolute Gasteiger partial charge is 0.255 e. The van der Waals surface area contributed by atoms with E-state index in [1.165, 1.54) is 6.07 Å². The SMILES string of the molecule is Cc1cc(=O)[nH]c(O)c1[N+]1(C)CCOCC1.[Cl-]. The zero-order valence-corrected chi connectivity index (χ0v) is 10.8. The Morgan fingerprint density at radius 2 is 2.00 bits per heavy atom. The maximum Gasteiger partial charge on any atom is 0.255 e. The van der Waals surface area contributed by atoms with Gasteiger partial charge in [-0.25, -0.2) is 0 Å². The molecule has 0 aromatic carbocycles. The first-order chi connectivity index (χ1) is 7.53. The first-order valence-corrected chi connectivity index (χ1v) is 5.39. The van der Waals surface area contributed by atoms with Crippen LogP contribution in [0, 0.1) is 6.92 Å². The number of morpholine rings is 1. The Balaban J connectivity index is 0.00000144. The van der Waals surface area contributed by atoms with Crippen molar-refractivity contribution >= 4 is 5.69 Å². The summed E-state index contributed by atoms with van der Waals surface area (Å²) in [5.74, 6) is -0.0191. The van der Waals surface area contributed by atoms with Crippen molar-refractivity contribution in [2.24, 2.45) is 0 Å². The highest BCUT2D eigenvalue weighted by molar-refractivity contribution is 5.56. The van der Waals surface area contributed by atoms with Crippen LogP contribution in [0.15, 0.2) is 10.9 Å². The quantitative estimate of drug-likeness (QED) is 0.543. The number of ether oxygens (including phenoxy) is 1. The van der Waals surface area contributed by atoms with Gasteiger partial charge in [-0.05, 0) is 6.92 Å². The number of aromatic nitrogens is 1. The van der Waals surface area contributed by atoms with Gasteiger partial charge < -0.3 is 22.3 Å². The number of quaternary nitrogens is 1. The molecule has 1 aliphatic heterocycles. The Labute approximate surface area is 106 Å². The number of hydrogen-bond donors (Lipinski definition) is 2. The van der Waals surface area contributed by atoms with Gasteiger partial charge in [-0.1, -0.05) is 0 Å². The normalized spacial score (nSPS) is 18.5. The Morgan fingerprint density at radius 3 is 2.53 bits per heavy atom. The van der Waals surface area contributed by atoms with Crippen molar-refractivity contribution < 1.29 is 22.3 Å². The summed E-state index contributed by atoms with van der Waals surface area (Å²) in [6.45, 7) is 4.81. The van der Waals surface area contributed by atoms with E-state index in [2.05, 4.69) is 4.98 Å². The molecule has 0 spiro atoms. The van der Waals surface area contributed by atoms with Crippen molar-refractivity contribution in [1.82, 2.24) is 9.47 Å². The van der Waals surface area contributed by atoms with Crippen molar-refractivity contribution in [3.63, 3.8) is 0 Å². The number of H-pyrrole nitrogens is 1. The molecule has 0 saturated carbocycles. The lowest BCUT2D eigenvalue weighted by Gasteiger charge is -2.37. The van der Waals surface area contributed by atoms with Crippen LogP contribution < -0.4 is 22.4 Å². The highest BCUT2D eigenvalue weighted by atomic mass is 35.5. The maximum atomic E-state index is 11.2. The van der Waals surface area contributed by atoms with Crippen LogP contribution in [-0.4, -0.2) is 43.4 Å². The number of aromatic hydroxyl groups is 1. The first-order valence-electron chi connectivity index (χ1n) is 5.39. The minimum atomic E-state index is -0.265. The monoisotopic (exact) mass is 260 g/mol. The number of likely N-dealkylation sites (N-methyl/N-ethyl adjacent to an activating group) is 1. The van der Waals surface area contributed by atoms with Gasteiger partial charge >= 0.3 is 0 Å². The Hall–Kier alpha value is -1.04. The van der Waals surface area contributed by atoms with Gasteiger partial charge in [-0.15, -0.1) is 0 Å². The molecule has 0 radical (unpaired) electrons. The molecule has 2 rings (SSSR count). The van der Waals surface area contributed by atoms with Gasteiger partial charge in [0.2, 0.25) is 0 Å². The number of pyridine rings is 1. The molecule has 0 bridgehead atoms. The van der Waals surface area contributed by atoms with Crippen LogP contribution in [0.25, 0.3) is 0 Å². The molecular formula is C11H17ClN2O3. The molecule has 6 heteroatoms. The van der Waals surface area contributed by atoms with Crippen molar-refractivity contribution in [3.8, 4) is 5.88 Å². The summed E-state index contributed by atoms with van der Waals surface area (Å²) in [7, 11) is 2.04. The first kappa shape index (κ1) is 14.0. The van der Waals surface area contributed by atoms with Crippen LogP contribution in [0.5, 0.6) is 5.88 Å². The van der Waals surface area contributed by atoms with Crippen LogP contribution in [-0.2, 0) is 4.74 Å². The van der Waals surface area contributed by atoms with Crippen LogP contribution >= 0.6 is 0 Å². The van der Waals surface area contributed by atoms with Gasteiger partial charge in [-0.2, -0.15) is 0 Å². The molecule has 1 fully saturated rings. The summed E-state index contributed by atoms with van der Waals surface area (Å²) in [5, 5.41) is 9.88. The topological polar surface area (TPSA) is 62.3 Å². The van der Waals surface area contributed by atoms with Crippen molar-refractivity contribution in [2.75, 3.05) is 33.4 Å². The van der Waals surface area contributed by atoms with Crippen LogP contribution in [0.3, 0.4) is 0 Å². The van der Waals surface area contributed by atoms with Gasteiger partial charge in [0.15, 0.2) is 5.69 Å². The zero-order valence-electron chi connectivity index (χ0n) is 9.99. The number of rotatable bonds is 1.